The molecule has 1 amide bonds. The zero-order valence-corrected chi connectivity index (χ0v) is 21.9. The summed E-state index contributed by atoms with van der Waals surface area (Å²) >= 11 is 0. The Balaban J connectivity index is 1.50. The van der Waals surface area contributed by atoms with Crippen LogP contribution >= 0.6 is 0 Å². The predicted octanol–water partition coefficient (Wildman–Crippen LogP) is 5.81. The number of anilines is 2. The van der Waals surface area contributed by atoms with Crippen LogP contribution in [0.25, 0.3) is 22.5 Å². The first kappa shape index (κ1) is 25.6. The van der Waals surface area contributed by atoms with Gasteiger partial charge in [0.15, 0.2) is 5.82 Å². The number of benzene rings is 2. The molecule has 1 N–H and O–H groups in total. The van der Waals surface area contributed by atoms with E-state index in [1.165, 1.54) is 17.0 Å². The normalized spacial score (nSPS) is 17.5. The van der Waals surface area contributed by atoms with Gasteiger partial charge in [0.25, 0.3) is 5.91 Å². The molecular weight excluding hydrogens is 519 g/mol. The SMILES string of the molecule is Cn1cnnc1-c1ccc(C#N)cc1-c1cc(NC2CC2(C)C)nc(N2Cc3c(cccc3C(F)(F)F)C2=O)c1. The number of hydrogen-bond acceptors (Lipinski definition) is 6. The van der Waals surface area contributed by atoms with Gasteiger partial charge in [0, 0.05) is 24.2 Å². The molecule has 1 saturated carbocycles. The van der Waals surface area contributed by atoms with Crippen molar-refractivity contribution >= 4 is 17.5 Å². The molecule has 6 rings (SSSR count). The Morgan fingerprint density at radius 2 is 1.88 bits per heavy atom. The molecule has 1 unspecified atom stereocenters. The number of carbonyl (C=O) groups excluding carboxylic acids is 1. The molecule has 2 aliphatic rings. The van der Waals surface area contributed by atoms with Crippen LogP contribution in [0.15, 0.2) is 54.9 Å². The summed E-state index contributed by atoms with van der Waals surface area (Å²) in [6.45, 7) is 3.98. The topological polar surface area (TPSA) is 99.7 Å². The van der Waals surface area contributed by atoms with Crippen molar-refractivity contribution in [1.29, 1.82) is 5.26 Å². The molecule has 8 nitrogen and oxygen atoms in total. The van der Waals surface area contributed by atoms with E-state index in [9.17, 15) is 23.2 Å². The first-order valence-electron chi connectivity index (χ1n) is 12.6. The number of alkyl halides is 3. The van der Waals surface area contributed by atoms with Crippen LogP contribution in [0.2, 0.25) is 0 Å². The van der Waals surface area contributed by atoms with Gasteiger partial charge in [-0.05, 0) is 71.0 Å². The number of rotatable bonds is 5. The molecule has 202 valence electrons. The van der Waals surface area contributed by atoms with Crippen molar-refractivity contribution in [3.05, 3.63) is 77.1 Å². The molecule has 40 heavy (non-hydrogen) atoms. The van der Waals surface area contributed by atoms with Crippen molar-refractivity contribution in [3.63, 3.8) is 0 Å². The molecule has 4 aromatic rings. The lowest BCUT2D eigenvalue weighted by Crippen LogP contribution is -2.25. The Hall–Kier alpha value is -4.72. The zero-order chi connectivity index (χ0) is 28.4. The molecule has 1 fully saturated rings. The van der Waals surface area contributed by atoms with E-state index in [0.29, 0.717) is 33.9 Å². The first-order chi connectivity index (χ1) is 19.0. The number of fused-ring (bicyclic) bond motifs is 1. The Kier molecular flexibility index (Phi) is 5.69. The van der Waals surface area contributed by atoms with Gasteiger partial charge in [0.1, 0.15) is 18.0 Å². The second-order valence-corrected chi connectivity index (χ2v) is 10.8. The van der Waals surface area contributed by atoms with Crippen LogP contribution in [0.4, 0.5) is 24.8 Å². The van der Waals surface area contributed by atoms with Crippen molar-refractivity contribution in [1.82, 2.24) is 19.7 Å². The maximum Gasteiger partial charge on any atom is 0.416 e. The van der Waals surface area contributed by atoms with E-state index < -0.39 is 17.6 Å². The summed E-state index contributed by atoms with van der Waals surface area (Å²) in [4.78, 5) is 19.4. The van der Waals surface area contributed by atoms with Crippen LogP contribution in [0.3, 0.4) is 0 Å². The van der Waals surface area contributed by atoms with E-state index in [4.69, 9.17) is 0 Å². The zero-order valence-electron chi connectivity index (χ0n) is 21.9. The molecule has 0 radical (unpaired) electrons. The largest absolute Gasteiger partial charge is 0.416 e. The second kappa shape index (κ2) is 8.91. The summed E-state index contributed by atoms with van der Waals surface area (Å²) in [5.41, 5.74) is 1.55. The molecule has 11 heteroatoms. The van der Waals surface area contributed by atoms with Crippen molar-refractivity contribution in [2.75, 3.05) is 10.2 Å². The van der Waals surface area contributed by atoms with Gasteiger partial charge in [-0.1, -0.05) is 19.9 Å². The number of halogens is 3. The number of nitrogens with one attached hydrogen (secondary N) is 1. The summed E-state index contributed by atoms with van der Waals surface area (Å²) in [5, 5.41) is 21.2. The molecule has 0 spiro atoms. The highest BCUT2D eigenvalue weighted by atomic mass is 19.4. The third-order valence-corrected chi connectivity index (χ3v) is 7.61. The van der Waals surface area contributed by atoms with Gasteiger partial charge in [-0.2, -0.15) is 18.4 Å². The minimum Gasteiger partial charge on any atom is -0.367 e. The van der Waals surface area contributed by atoms with Crippen LogP contribution < -0.4 is 10.2 Å². The van der Waals surface area contributed by atoms with Crippen LogP contribution in [-0.2, 0) is 19.8 Å². The molecule has 2 aromatic carbocycles. The van der Waals surface area contributed by atoms with E-state index in [1.54, 1.807) is 42.2 Å². The summed E-state index contributed by atoms with van der Waals surface area (Å²) in [7, 11) is 1.80. The summed E-state index contributed by atoms with van der Waals surface area (Å²) < 4.78 is 43.0. The molecule has 0 bridgehead atoms. The molecular formula is C29H24F3N7O. The lowest BCUT2D eigenvalue weighted by molar-refractivity contribution is -0.138. The molecule has 1 aliphatic heterocycles. The summed E-state index contributed by atoms with van der Waals surface area (Å²) in [6.07, 6.45) is -2.11. The Morgan fingerprint density at radius 1 is 1.10 bits per heavy atom. The standard InChI is InChI=1S/C29H24F3N7O/c1-28(2)12-23(28)35-24-10-17(20-9-16(13-33)7-8-18(20)26-37-34-15-38(26)3)11-25(36-24)39-14-21-19(27(39)40)5-4-6-22(21)29(30,31)32/h4-11,15,23H,12,14H2,1-3H3,(H,35,36). The lowest BCUT2D eigenvalue weighted by Gasteiger charge is -2.19. The van der Waals surface area contributed by atoms with E-state index in [2.05, 4.69) is 40.4 Å². The highest BCUT2D eigenvalue weighted by molar-refractivity contribution is 6.10. The minimum atomic E-state index is -4.59. The van der Waals surface area contributed by atoms with Crippen LogP contribution in [0, 0.1) is 16.7 Å². The third kappa shape index (κ3) is 4.35. The molecule has 1 aliphatic carbocycles. The van der Waals surface area contributed by atoms with Crippen molar-refractivity contribution in [2.45, 2.75) is 39.0 Å². The summed E-state index contributed by atoms with van der Waals surface area (Å²) in [5.74, 6) is 0.700. The fourth-order valence-corrected chi connectivity index (χ4v) is 5.13. The second-order valence-electron chi connectivity index (χ2n) is 10.8. The molecule has 3 heterocycles. The van der Waals surface area contributed by atoms with Gasteiger partial charge in [-0.3, -0.25) is 9.69 Å². The predicted molar refractivity (Wildman–Crippen MR) is 142 cm³/mol. The van der Waals surface area contributed by atoms with Crippen molar-refractivity contribution < 1.29 is 18.0 Å². The maximum atomic E-state index is 13.8. The van der Waals surface area contributed by atoms with Crippen molar-refractivity contribution in [2.24, 2.45) is 12.5 Å². The highest BCUT2D eigenvalue weighted by Crippen LogP contribution is 2.47. The third-order valence-electron chi connectivity index (χ3n) is 7.61. The number of pyridine rings is 1. The first-order valence-corrected chi connectivity index (χ1v) is 12.6. The summed E-state index contributed by atoms with van der Waals surface area (Å²) in [6, 6.07) is 14.6. The fourth-order valence-electron chi connectivity index (χ4n) is 5.13. The van der Waals surface area contributed by atoms with Crippen LogP contribution in [0.5, 0.6) is 0 Å². The molecule has 2 aromatic heterocycles. The van der Waals surface area contributed by atoms with E-state index >= 15 is 0 Å². The number of amides is 1. The smallest absolute Gasteiger partial charge is 0.367 e. The van der Waals surface area contributed by atoms with E-state index in [0.717, 1.165) is 12.5 Å². The number of nitriles is 1. The van der Waals surface area contributed by atoms with Crippen LogP contribution in [0.1, 0.15) is 47.3 Å². The Morgan fingerprint density at radius 3 is 2.52 bits per heavy atom. The molecule has 0 saturated heterocycles. The van der Waals surface area contributed by atoms with E-state index in [-0.39, 0.29) is 34.9 Å². The van der Waals surface area contributed by atoms with Gasteiger partial charge in [-0.15, -0.1) is 10.2 Å². The average molecular weight is 544 g/mol. The average Bonchev–Trinajstić information content (AvgIpc) is 3.19. The van der Waals surface area contributed by atoms with Crippen molar-refractivity contribution in [3.8, 4) is 28.6 Å². The Labute approximate surface area is 228 Å². The minimum absolute atomic E-state index is 0.00566. The number of nitrogens with zero attached hydrogens (tertiary/aromatic N) is 6. The van der Waals surface area contributed by atoms with Gasteiger partial charge in [0.05, 0.1) is 23.7 Å². The van der Waals surface area contributed by atoms with Gasteiger partial charge in [0.2, 0.25) is 0 Å². The van der Waals surface area contributed by atoms with E-state index in [1.807, 2.05) is 6.07 Å². The molecule has 1 atom stereocenters. The van der Waals surface area contributed by atoms with Crippen LogP contribution in [-0.4, -0.2) is 31.7 Å². The van der Waals surface area contributed by atoms with Gasteiger partial charge >= 0.3 is 6.18 Å². The number of aromatic nitrogens is 4. The number of hydrogen-bond donors (Lipinski definition) is 1. The van der Waals surface area contributed by atoms with Gasteiger partial charge in [-0.25, -0.2) is 4.98 Å². The number of carbonyl (C=O) groups is 1. The fraction of sp³-hybridized carbons (Fsp3) is 0.276. The van der Waals surface area contributed by atoms with Gasteiger partial charge < -0.3 is 9.88 Å². The maximum absolute atomic E-state index is 13.8. The quantitative estimate of drug-likeness (QED) is 0.341. The Bertz CT molecular complexity index is 1720. The lowest BCUT2D eigenvalue weighted by atomic mass is 9.97. The monoisotopic (exact) mass is 543 g/mol. The highest BCUT2D eigenvalue weighted by Gasteiger charge is 2.46. The number of aryl methyl sites for hydroxylation is 1.